The maximum atomic E-state index is 11.8. The number of likely N-dealkylation sites (N-methyl/N-ethyl adjacent to an activating group) is 1. The predicted octanol–water partition coefficient (Wildman–Crippen LogP) is 4.09. The molecule has 0 atom stereocenters. The summed E-state index contributed by atoms with van der Waals surface area (Å²) in [6, 6.07) is 15.8. The van der Waals surface area contributed by atoms with E-state index in [1.54, 1.807) is 0 Å². The molecule has 0 aliphatic rings. The third-order valence-electron chi connectivity index (χ3n) is 3.95. The summed E-state index contributed by atoms with van der Waals surface area (Å²) in [5.74, 6) is 1.29. The molecule has 158 valence electrons. The van der Waals surface area contributed by atoms with Crippen LogP contribution in [-0.4, -0.2) is 31.1 Å². The number of benzene rings is 2. The number of nitrogens with one attached hydrogen (secondary N) is 3. The van der Waals surface area contributed by atoms with Crippen LogP contribution in [0.15, 0.2) is 53.5 Å². The molecule has 0 aliphatic heterocycles. The second-order valence-electron chi connectivity index (χ2n) is 6.71. The molecule has 0 aromatic heterocycles. The number of amides is 1. The number of aryl methyl sites for hydroxylation is 1. The fourth-order valence-corrected chi connectivity index (χ4v) is 2.54. The van der Waals surface area contributed by atoms with Crippen LogP contribution in [0.5, 0.6) is 5.75 Å². The summed E-state index contributed by atoms with van der Waals surface area (Å²) < 4.78 is 5.67. The van der Waals surface area contributed by atoms with Crippen molar-refractivity contribution in [1.29, 1.82) is 0 Å². The van der Waals surface area contributed by atoms with Gasteiger partial charge in [0.1, 0.15) is 5.75 Å². The van der Waals surface area contributed by atoms with Gasteiger partial charge in [-0.25, -0.2) is 4.99 Å². The Bertz CT molecular complexity index is 792. The Labute approximate surface area is 190 Å². The summed E-state index contributed by atoms with van der Waals surface area (Å²) in [6.45, 7) is 9.22. The summed E-state index contributed by atoms with van der Waals surface area (Å²) >= 11 is 0. The van der Waals surface area contributed by atoms with Crippen molar-refractivity contribution >= 4 is 41.5 Å². The molecular weight excluding hydrogens is 479 g/mol. The van der Waals surface area contributed by atoms with Crippen molar-refractivity contribution in [3.63, 3.8) is 0 Å². The van der Waals surface area contributed by atoms with Crippen LogP contribution in [0.2, 0.25) is 0 Å². The monoisotopic (exact) mass is 510 g/mol. The number of anilines is 1. The summed E-state index contributed by atoms with van der Waals surface area (Å²) in [6.07, 6.45) is 0.129. The lowest BCUT2D eigenvalue weighted by atomic mass is 10.1. The predicted molar refractivity (Wildman–Crippen MR) is 130 cm³/mol. The minimum absolute atomic E-state index is 0. The first-order chi connectivity index (χ1) is 13.5. The van der Waals surface area contributed by atoms with Crippen LogP contribution >= 0.6 is 24.0 Å². The highest BCUT2D eigenvalue weighted by atomic mass is 127. The third kappa shape index (κ3) is 9.17. The highest BCUT2D eigenvalue weighted by molar-refractivity contribution is 14.0. The first-order valence-electron chi connectivity index (χ1n) is 9.61. The van der Waals surface area contributed by atoms with E-state index in [0.29, 0.717) is 19.0 Å². The summed E-state index contributed by atoms with van der Waals surface area (Å²) in [5.41, 5.74) is 3.19. The van der Waals surface area contributed by atoms with Crippen molar-refractivity contribution in [2.45, 2.75) is 40.3 Å². The van der Waals surface area contributed by atoms with Gasteiger partial charge in [-0.05, 0) is 63.1 Å². The number of carbonyl (C=O) groups excluding carboxylic acids is 1. The Hall–Kier alpha value is -2.29. The SMILES string of the molecule is CCNC(=O)CNC(=NCc1ccccc1C)Nc1ccc(OC(C)C)cc1.I. The molecule has 1 amide bonds. The fraction of sp³-hybridized carbons (Fsp3) is 0.364. The highest BCUT2D eigenvalue weighted by Crippen LogP contribution is 2.17. The molecule has 2 rings (SSSR count). The minimum Gasteiger partial charge on any atom is -0.491 e. The molecule has 0 fully saturated rings. The number of aliphatic imine (C=N–C) groups is 1. The maximum absolute atomic E-state index is 11.8. The second-order valence-corrected chi connectivity index (χ2v) is 6.71. The van der Waals surface area contributed by atoms with Crippen molar-refractivity contribution in [3.05, 3.63) is 59.7 Å². The van der Waals surface area contributed by atoms with E-state index >= 15 is 0 Å². The maximum Gasteiger partial charge on any atom is 0.239 e. The number of halogens is 1. The molecule has 0 saturated heterocycles. The van der Waals surface area contributed by atoms with E-state index in [1.165, 1.54) is 5.56 Å². The Kier molecular flexibility index (Phi) is 11.1. The average Bonchev–Trinajstić information content (AvgIpc) is 2.66. The Morgan fingerprint density at radius 1 is 1.07 bits per heavy atom. The minimum atomic E-state index is -0.0754. The van der Waals surface area contributed by atoms with E-state index in [1.807, 2.05) is 57.2 Å². The van der Waals surface area contributed by atoms with Crippen LogP contribution in [0.25, 0.3) is 0 Å². The number of rotatable bonds is 8. The molecule has 6 nitrogen and oxygen atoms in total. The van der Waals surface area contributed by atoms with Crippen LogP contribution in [0, 0.1) is 6.92 Å². The van der Waals surface area contributed by atoms with Crippen LogP contribution in [-0.2, 0) is 11.3 Å². The average molecular weight is 510 g/mol. The lowest BCUT2D eigenvalue weighted by Crippen LogP contribution is -2.39. The molecule has 2 aromatic carbocycles. The van der Waals surface area contributed by atoms with Crippen molar-refractivity contribution in [2.24, 2.45) is 4.99 Å². The van der Waals surface area contributed by atoms with Crippen molar-refractivity contribution in [3.8, 4) is 5.75 Å². The van der Waals surface area contributed by atoms with Crippen LogP contribution in [0.1, 0.15) is 31.9 Å². The van der Waals surface area contributed by atoms with Gasteiger partial charge in [-0.2, -0.15) is 0 Å². The topological polar surface area (TPSA) is 74.8 Å². The third-order valence-corrected chi connectivity index (χ3v) is 3.95. The van der Waals surface area contributed by atoms with Crippen LogP contribution in [0.4, 0.5) is 5.69 Å². The Balaban J connectivity index is 0.00000420. The molecule has 0 saturated carbocycles. The second kappa shape index (κ2) is 13.0. The smallest absolute Gasteiger partial charge is 0.239 e. The summed E-state index contributed by atoms with van der Waals surface area (Å²) in [5, 5.41) is 9.11. The molecule has 29 heavy (non-hydrogen) atoms. The summed E-state index contributed by atoms with van der Waals surface area (Å²) in [4.78, 5) is 16.4. The largest absolute Gasteiger partial charge is 0.491 e. The first-order valence-corrected chi connectivity index (χ1v) is 9.61. The Morgan fingerprint density at radius 3 is 2.38 bits per heavy atom. The van der Waals surface area contributed by atoms with Crippen molar-refractivity contribution in [1.82, 2.24) is 10.6 Å². The van der Waals surface area contributed by atoms with Gasteiger partial charge < -0.3 is 20.7 Å². The van der Waals surface area contributed by atoms with E-state index in [4.69, 9.17) is 4.74 Å². The fourth-order valence-electron chi connectivity index (χ4n) is 2.54. The van der Waals surface area contributed by atoms with Crippen LogP contribution < -0.4 is 20.7 Å². The van der Waals surface area contributed by atoms with Crippen molar-refractivity contribution < 1.29 is 9.53 Å². The van der Waals surface area contributed by atoms with Gasteiger partial charge in [-0.3, -0.25) is 4.79 Å². The van der Waals surface area contributed by atoms with Gasteiger partial charge >= 0.3 is 0 Å². The zero-order chi connectivity index (χ0) is 20.4. The molecular formula is C22H31IN4O2. The summed E-state index contributed by atoms with van der Waals surface area (Å²) in [7, 11) is 0. The van der Waals surface area contributed by atoms with Gasteiger partial charge in [-0.1, -0.05) is 24.3 Å². The van der Waals surface area contributed by atoms with E-state index < -0.39 is 0 Å². The number of guanidine groups is 1. The number of nitrogens with zero attached hydrogens (tertiary/aromatic N) is 1. The zero-order valence-corrected chi connectivity index (χ0v) is 19.8. The molecule has 3 N–H and O–H groups in total. The lowest BCUT2D eigenvalue weighted by Gasteiger charge is -2.14. The van der Waals surface area contributed by atoms with E-state index in [-0.39, 0.29) is 42.5 Å². The first kappa shape index (κ1) is 24.7. The van der Waals surface area contributed by atoms with Crippen LogP contribution in [0.3, 0.4) is 0 Å². The normalized spacial score (nSPS) is 10.9. The highest BCUT2D eigenvalue weighted by Gasteiger charge is 2.06. The molecule has 0 unspecified atom stereocenters. The van der Waals surface area contributed by atoms with Gasteiger partial charge in [0.05, 0.1) is 19.2 Å². The lowest BCUT2D eigenvalue weighted by molar-refractivity contribution is -0.119. The molecule has 0 aliphatic carbocycles. The molecule has 0 bridgehead atoms. The van der Waals surface area contributed by atoms with Gasteiger partial charge in [0.15, 0.2) is 5.96 Å². The van der Waals surface area contributed by atoms with Gasteiger partial charge in [-0.15, -0.1) is 24.0 Å². The van der Waals surface area contributed by atoms with E-state index in [0.717, 1.165) is 17.0 Å². The number of hydrogen-bond donors (Lipinski definition) is 3. The quantitative estimate of drug-likeness (QED) is 0.284. The van der Waals surface area contributed by atoms with Crippen molar-refractivity contribution in [2.75, 3.05) is 18.4 Å². The molecule has 7 heteroatoms. The van der Waals surface area contributed by atoms with E-state index in [9.17, 15) is 4.79 Å². The molecule has 2 aromatic rings. The molecule has 0 heterocycles. The van der Waals surface area contributed by atoms with Gasteiger partial charge in [0, 0.05) is 12.2 Å². The van der Waals surface area contributed by atoms with E-state index in [2.05, 4.69) is 40.0 Å². The number of carbonyl (C=O) groups is 1. The standard InChI is InChI=1S/C22H30N4O2.HI/c1-5-23-21(27)15-25-22(24-14-18-9-7-6-8-17(18)4)26-19-10-12-20(13-11-19)28-16(2)3;/h6-13,16H,5,14-15H2,1-4H3,(H,23,27)(H2,24,25,26);1H. The Morgan fingerprint density at radius 2 is 1.76 bits per heavy atom. The molecule has 0 radical (unpaired) electrons. The van der Waals surface area contributed by atoms with Gasteiger partial charge in [0.25, 0.3) is 0 Å². The van der Waals surface area contributed by atoms with Gasteiger partial charge in [0.2, 0.25) is 5.91 Å². The number of hydrogen-bond acceptors (Lipinski definition) is 3. The number of ether oxygens (including phenoxy) is 1. The molecule has 0 spiro atoms. The zero-order valence-electron chi connectivity index (χ0n) is 17.5.